The number of piperazine rings is 1. The number of benzene rings is 2. The minimum Gasteiger partial charge on any atom is -0.496 e. The SMILES string of the molecule is COc1ccc(Cl)cc1C(=O)Nc1ccc(S(=O)(=O)N2CCN(C)CC2)cc1. The largest absolute Gasteiger partial charge is 0.496 e. The van der Waals surface area contributed by atoms with Crippen molar-refractivity contribution in [3.05, 3.63) is 53.1 Å². The second kappa shape index (κ2) is 8.48. The number of hydrogen-bond donors (Lipinski definition) is 1. The Bertz CT molecular complexity index is 956. The molecule has 0 spiro atoms. The molecule has 1 aliphatic heterocycles. The quantitative estimate of drug-likeness (QED) is 0.799. The Morgan fingerprint density at radius 3 is 2.32 bits per heavy atom. The minimum absolute atomic E-state index is 0.204. The average molecular weight is 424 g/mol. The van der Waals surface area contributed by atoms with Gasteiger partial charge in [0.1, 0.15) is 5.75 Å². The van der Waals surface area contributed by atoms with Gasteiger partial charge in [0.2, 0.25) is 10.0 Å². The first kappa shape index (κ1) is 20.6. The van der Waals surface area contributed by atoms with E-state index in [1.165, 1.54) is 29.6 Å². The molecule has 1 aliphatic rings. The van der Waals surface area contributed by atoms with Crippen LogP contribution in [0, 0.1) is 0 Å². The number of hydrogen-bond acceptors (Lipinski definition) is 5. The number of nitrogens with zero attached hydrogens (tertiary/aromatic N) is 2. The summed E-state index contributed by atoms with van der Waals surface area (Å²) in [4.78, 5) is 14.8. The highest BCUT2D eigenvalue weighted by Crippen LogP contribution is 2.24. The van der Waals surface area contributed by atoms with Crippen LogP contribution in [0.3, 0.4) is 0 Å². The van der Waals surface area contributed by atoms with E-state index in [2.05, 4.69) is 10.2 Å². The lowest BCUT2D eigenvalue weighted by Crippen LogP contribution is -2.46. The van der Waals surface area contributed by atoms with E-state index >= 15 is 0 Å². The minimum atomic E-state index is -3.54. The molecule has 0 unspecified atom stereocenters. The first-order valence-electron chi connectivity index (χ1n) is 8.75. The number of nitrogens with one attached hydrogen (secondary N) is 1. The molecule has 0 bridgehead atoms. The van der Waals surface area contributed by atoms with Crippen molar-refractivity contribution in [3.8, 4) is 5.75 Å². The molecule has 2 aromatic carbocycles. The number of methoxy groups -OCH3 is 1. The summed E-state index contributed by atoms with van der Waals surface area (Å²) >= 11 is 5.96. The van der Waals surface area contributed by atoms with E-state index in [4.69, 9.17) is 16.3 Å². The van der Waals surface area contributed by atoms with Gasteiger partial charge in [0, 0.05) is 36.9 Å². The highest BCUT2D eigenvalue weighted by atomic mass is 35.5. The zero-order chi connectivity index (χ0) is 20.3. The van der Waals surface area contributed by atoms with Crippen molar-refractivity contribution < 1.29 is 17.9 Å². The number of rotatable bonds is 5. The van der Waals surface area contributed by atoms with Crippen molar-refractivity contribution in [1.82, 2.24) is 9.21 Å². The standard InChI is InChI=1S/C19H22ClN3O4S/c1-22-9-11-23(12-10-22)28(25,26)16-6-4-15(5-7-16)21-19(24)17-13-14(20)3-8-18(17)27-2/h3-8,13H,9-12H2,1-2H3,(H,21,24). The van der Waals surface area contributed by atoms with Crippen LogP contribution in [0.1, 0.15) is 10.4 Å². The Balaban J connectivity index is 1.74. The van der Waals surface area contributed by atoms with Gasteiger partial charge in [-0.05, 0) is 49.5 Å². The molecule has 7 nitrogen and oxygen atoms in total. The molecule has 3 rings (SSSR count). The predicted molar refractivity (Wildman–Crippen MR) is 109 cm³/mol. The monoisotopic (exact) mass is 423 g/mol. The van der Waals surface area contributed by atoms with E-state index in [0.717, 1.165) is 0 Å². The van der Waals surface area contributed by atoms with Gasteiger partial charge >= 0.3 is 0 Å². The number of carbonyl (C=O) groups is 1. The fourth-order valence-electron chi connectivity index (χ4n) is 2.94. The van der Waals surface area contributed by atoms with Crippen LogP contribution in [-0.4, -0.2) is 63.9 Å². The third-order valence-corrected chi connectivity index (χ3v) is 6.77. The Hall–Kier alpha value is -2.13. The second-order valence-corrected chi connectivity index (χ2v) is 8.90. The molecule has 28 heavy (non-hydrogen) atoms. The maximum absolute atomic E-state index is 12.8. The summed E-state index contributed by atoms with van der Waals surface area (Å²) in [6, 6.07) is 10.9. The Morgan fingerprint density at radius 1 is 1.07 bits per heavy atom. The molecular weight excluding hydrogens is 402 g/mol. The fraction of sp³-hybridized carbons (Fsp3) is 0.316. The summed E-state index contributed by atoms with van der Waals surface area (Å²) in [7, 11) is -0.104. The molecule has 0 aliphatic carbocycles. The van der Waals surface area contributed by atoms with Crippen molar-refractivity contribution in [2.45, 2.75) is 4.90 Å². The van der Waals surface area contributed by atoms with Gasteiger partial charge in [-0.25, -0.2) is 8.42 Å². The van der Waals surface area contributed by atoms with Crippen molar-refractivity contribution in [2.75, 3.05) is 45.7 Å². The van der Waals surface area contributed by atoms with Crippen molar-refractivity contribution in [1.29, 1.82) is 0 Å². The molecule has 150 valence electrons. The molecule has 1 heterocycles. The fourth-order valence-corrected chi connectivity index (χ4v) is 4.54. The van der Waals surface area contributed by atoms with Crippen LogP contribution in [0.15, 0.2) is 47.4 Å². The summed E-state index contributed by atoms with van der Waals surface area (Å²) < 4.78 is 32.2. The Kier molecular flexibility index (Phi) is 6.24. The summed E-state index contributed by atoms with van der Waals surface area (Å²) in [5.74, 6) is 0.00480. The maximum Gasteiger partial charge on any atom is 0.259 e. The summed E-state index contributed by atoms with van der Waals surface area (Å²) in [5, 5.41) is 3.15. The smallest absolute Gasteiger partial charge is 0.259 e. The molecule has 1 saturated heterocycles. The van der Waals surface area contributed by atoms with Crippen LogP contribution in [-0.2, 0) is 10.0 Å². The number of amides is 1. The topological polar surface area (TPSA) is 78.9 Å². The number of carbonyl (C=O) groups excluding carboxylic acids is 1. The van der Waals surface area contributed by atoms with Gasteiger partial charge in [0.25, 0.3) is 5.91 Å². The van der Waals surface area contributed by atoms with E-state index in [-0.39, 0.29) is 4.90 Å². The molecule has 0 saturated carbocycles. The lowest BCUT2D eigenvalue weighted by molar-refractivity contribution is 0.102. The number of ether oxygens (including phenoxy) is 1. The van der Waals surface area contributed by atoms with E-state index in [0.29, 0.717) is 48.2 Å². The number of sulfonamides is 1. The van der Waals surface area contributed by atoms with Crippen molar-refractivity contribution in [3.63, 3.8) is 0 Å². The van der Waals surface area contributed by atoms with Gasteiger partial charge in [-0.3, -0.25) is 4.79 Å². The van der Waals surface area contributed by atoms with Gasteiger partial charge < -0.3 is 15.0 Å². The third-order valence-electron chi connectivity index (χ3n) is 4.62. The molecule has 0 radical (unpaired) electrons. The van der Waals surface area contributed by atoms with Crippen molar-refractivity contribution in [2.24, 2.45) is 0 Å². The van der Waals surface area contributed by atoms with E-state index in [1.54, 1.807) is 24.3 Å². The zero-order valence-electron chi connectivity index (χ0n) is 15.7. The highest BCUT2D eigenvalue weighted by molar-refractivity contribution is 7.89. The van der Waals surface area contributed by atoms with Crippen LogP contribution >= 0.6 is 11.6 Å². The van der Waals surface area contributed by atoms with Crippen molar-refractivity contribution >= 4 is 33.2 Å². The third kappa shape index (κ3) is 4.47. The lowest BCUT2D eigenvalue weighted by atomic mass is 10.2. The van der Waals surface area contributed by atoms with E-state index in [1.807, 2.05) is 7.05 Å². The van der Waals surface area contributed by atoms with Gasteiger partial charge in [0.15, 0.2) is 0 Å². The summed E-state index contributed by atoms with van der Waals surface area (Å²) in [5.41, 5.74) is 0.772. The first-order valence-corrected chi connectivity index (χ1v) is 10.6. The molecule has 2 aromatic rings. The van der Waals surface area contributed by atoms with Crippen LogP contribution < -0.4 is 10.1 Å². The van der Waals surface area contributed by atoms with Crippen LogP contribution in [0.5, 0.6) is 5.75 Å². The van der Waals surface area contributed by atoms with Gasteiger partial charge in [0.05, 0.1) is 17.6 Å². The molecule has 9 heteroatoms. The predicted octanol–water partition coefficient (Wildman–Crippen LogP) is 2.54. The van der Waals surface area contributed by atoms with Gasteiger partial charge in [-0.15, -0.1) is 0 Å². The number of halogens is 1. The van der Waals surface area contributed by atoms with Gasteiger partial charge in [-0.2, -0.15) is 4.31 Å². The maximum atomic E-state index is 12.8. The molecule has 0 atom stereocenters. The molecule has 1 fully saturated rings. The normalized spacial score (nSPS) is 16.0. The molecule has 1 amide bonds. The number of anilines is 1. The highest BCUT2D eigenvalue weighted by Gasteiger charge is 2.27. The Labute approximate surface area is 169 Å². The van der Waals surface area contributed by atoms with Crippen LogP contribution in [0.4, 0.5) is 5.69 Å². The molecular formula is C19H22ClN3O4S. The van der Waals surface area contributed by atoms with Gasteiger partial charge in [-0.1, -0.05) is 11.6 Å². The summed E-state index contributed by atoms with van der Waals surface area (Å²) in [6.45, 7) is 2.33. The second-order valence-electron chi connectivity index (χ2n) is 6.53. The van der Waals surface area contributed by atoms with E-state index < -0.39 is 15.9 Å². The zero-order valence-corrected chi connectivity index (χ0v) is 17.3. The van der Waals surface area contributed by atoms with Crippen LogP contribution in [0.25, 0.3) is 0 Å². The first-order chi connectivity index (χ1) is 13.3. The number of likely N-dealkylation sites (N-methyl/N-ethyl adjacent to an activating group) is 1. The average Bonchev–Trinajstić information content (AvgIpc) is 2.68. The lowest BCUT2D eigenvalue weighted by Gasteiger charge is -2.31. The molecule has 1 N–H and O–H groups in total. The van der Waals surface area contributed by atoms with Crippen LogP contribution in [0.2, 0.25) is 5.02 Å². The molecule has 0 aromatic heterocycles. The summed E-state index contributed by atoms with van der Waals surface area (Å²) in [6.07, 6.45) is 0. The van der Waals surface area contributed by atoms with E-state index in [9.17, 15) is 13.2 Å². The Morgan fingerprint density at radius 2 is 1.71 bits per heavy atom.